The molecule has 1 atom stereocenters. The molecule has 0 N–H and O–H groups in total. The van der Waals surface area contributed by atoms with Crippen LogP contribution >= 0.6 is 0 Å². The van der Waals surface area contributed by atoms with Crippen molar-refractivity contribution >= 4 is 11.8 Å². The van der Waals surface area contributed by atoms with E-state index < -0.39 is 5.97 Å². The van der Waals surface area contributed by atoms with E-state index in [-0.39, 0.29) is 6.10 Å². The van der Waals surface area contributed by atoms with Gasteiger partial charge >= 0.3 is 5.97 Å². The highest BCUT2D eigenvalue weighted by molar-refractivity contribution is 5.95. The summed E-state index contributed by atoms with van der Waals surface area (Å²) in [6, 6.07) is 8.01. The maximum atomic E-state index is 12.3. The van der Waals surface area contributed by atoms with Crippen molar-refractivity contribution in [1.82, 2.24) is 9.97 Å². The van der Waals surface area contributed by atoms with Crippen LogP contribution in [-0.2, 0) is 9.47 Å². The van der Waals surface area contributed by atoms with E-state index in [0.29, 0.717) is 30.4 Å². The summed E-state index contributed by atoms with van der Waals surface area (Å²) in [6.45, 7) is 5.62. The molecule has 1 unspecified atom stereocenters. The lowest BCUT2D eigenvalue weighted by atomic mass is 10.1. The van der Waals surface area contributed by atoms with Crippen molar-refractivity contribution in [3.05, 3.63) is 41.6 Å². The maximum Gasteiger partial charge on any atom is 0.343 e. The molecule has 132 valence electrons. The van der Waals surface area contributed by atoms with Crippen molar-refractivity contribution in [2.75, 3.05) is 31.7 Å². The second-order valence-corrected chi connectivity index (χ2v) is 6.11. The van der Waals surface area contributed by atoms with E-state index in [1.807, 2.05) is 31.2 Å². The van der Waals surface area contributed by atoms with Gasteiger partial charge in [-0.2, -0.15) is 0 Å². The number of esters is 1. The summed E-state index contributed by atoms with van der Waals surface area (Å²) in [7, 11) is 1.71. The van der Waals surface area contributed by atoms with E-state index in [0.717, 1.165) is 24.1 Å². The average molecular weight is 341 g/mol. The van der Waals surface area contributed by atoms with Crippen molar-refractivity contribution in [3.63, 3.8) is 0 Å². The van der Waals surface area contributed by atoms with Gasteiger partial charge in [-0.15, -0.1) is 0 Å². The lowest BCUT2D eigenvalue weighted by Gasteiger charge is -2.20. The van der Waals surface area contributed by atoms with Crippen molar-refractivity contribution in [2.24, 2.45) is 0 Å². The minimum atomic E-state index is -0.394. The van der Waals surface area contributed by atoms with E-state index >= 15 is 0 Å². The molecule has 1 fully saturated rings. The number of nitrogens with zero attached hydrogens (tertiary/aromatic N) is 3. The van der Waals surface area contributed by atoms with Gasteiger partial charge in [0.15, 0.2) is 5.82 Å². The largest absolute Gasteiger partial charge is 0.462 e. The van der Waals surface area contributed by atoms with Crippen LogP contribution in [0.5, 0.6) is 0 Å². The van der Waals surface area contributed by atoms with E-state index in [9.17, 15) is 4.79 Å². The first kappa shape index (κ1) is 17.4. The Morgan fingerprint density at radius 1 is 1.40 bits per heavy atom. The molecule has 2 aromatic rings. The number of benzene rings is 1. The molecule has 0 saturated carbocycles. The summed E-state index contributed by atoms with van der Waals surface area (Å²) in [4.78, 5) is 23.5. The Hall–Kier alpha value is -2.47. The van der Waals surface area contributed by atoms with Gasteiger partial charge in [-0.05, 0) is 26.3 Å². The van der Waals surface area contributed by atoms with Gasteiger partial charge in [0.05, 0.1) is 12.7 Å². The van der Waals surface area contributed by atoms with Crippen molar-refractivity contribution in [2.45, 2.75) is 26.4 Å². The molecule has 6 nitrogen and oxygen atoms in total. The van der Waals surface area contributed by atoms with Crippen LogP contribution in [-0.4, -0.2) is 48.8 Å². The van der Waals surface area contributed by atoms with Crippen LogP contribution in [0.2, 0.25) is 0 Å². The summed E-state index contributed by atoms with van der Waals surface area (Å²) < 4.78 is 10.6. The number of hydrogen-bond acceptors (Lipinski definition) is 6. The summed E-state index contributed by atoms with van der Waals surface area (Å²) >= 11 is 0. The zero-order valence-corrected chi connectivity index (χ0v) is 14.9. The topological polar surface area (TPSA) is 64.5 Å². The highest BCUT2D eigenvalue weighted by atomic mass is 16.5. The lowest BCUT2D eigenvalue weighted by Crippen LogP contribution is -2.26. The third kappa shape index (κ3) is 3.79. The van der Waals surface area contributed by atoms with Gasteiger partial charge in [0.2, 0.25) is 0 Å². The van der Waals surface area contributed by atoms with Crippen LogP contribution in [0.25, 0.3) is 11.4 Å². The minimum Gasteiger partial charge on any atom is -0.462 e. The van der Waals surface area contributed by atoms with Gasteiger partial charge in [0, 0.05) is 32.0 Å². The number of carbonyl (C=O) groups excluding carboxylic acids is 1. The number of aryl methyl sites for hydroxylation is 1. The molecule has 2 heterocycles. The molecule has 1 aromatic carbocycles. The van der Waals surface area contributed by atoms with Gasteiger partial charge in [-0.25, -0.2) is 14.8 Å². The van der Waals surface area contributed by atoms with Crippen LogP contribution in [0, 0.1) is 6.92 Å². The fourth-order valence-corrected chi connectivity index (χ4v) is 3.00. The molecule has 3 rings (SSSR count). The smallest absolute Gasteiger partial charge is 0.343 e. The number of carbonyl (C=O) groups is 1. The number of aromatic nitrogens is 2. The number of ether oxygens (including phenoxy) is 2. The fourth-order valence-electron chi connectivity index (χ4n) is 3.00. The third-order valence-corrected chi connectivity index (χ3v) is 4.32. The molecule has 1 aromatic heterocycles. The zero-order valence-electron chi connectivity index (χ0n) is 14.9. The Morgan fingerprint density at radius 3 is 2.92 bits per heavy atom. The molecule has 0 radical (unpaired) electrons. The maximum absolute atomic E-state index is 12.3. The predicted molar refractivity (Wildman–Crippen MR) is 95.8 cm³/mol. The standard InChI is InChI=1S/C19H23N3O3/c1-4-25-19(23)16-11-20-17(14-7-5-6-13(2)10-14)21-18(16)22-9-8-15(12-22)24-3/h5-7,10-11,15H,4,8-9,12H2,1-3H3. The SMILES string of the molecule is CCOC(=O)c1cnc(-c2cccc(C)c2)nc1N1CCC(OC)C1. The molecular formula is C19H23N3O3. The van der Waals surface area contributed by atoms with Crippen LogP contribution in [0.15, 0.2) is 30.5 Å². The van der Waals surface area contributed by atoms with Crippen molar-refractivity contribution < 1.29 is 14.3 Å². The number of rotatable bonds is 5. The molecule has 0 amide bonds. The van der Waals surface area contributed by atoms with Gasteiger partial charge in [0.1, 0.15) is 11.4 Å². The molecule has 0 aliphatic carbocycles. The van der Waals surface area contributed by atoms with E-state index in [1.165, 1.54) is 0 Å². The van der Waals surface area contributed by atoms with Crippen LogP contribution in [0.4, 0.5) is 5.82 Å². The highest BCUT2D eigenvalue weighted by Gasteiger charge is 2.28. The minimum absolute atomic E-state index is 0.146. The Balaban J connectivity index is 2.01. The third-order valence-electron chi connectivity index (χ3n) is 4.32. The molecule has 1 aliphatic heterocycles. The van der Waals surface area contributed by atoms with Crippen LogP contribution in [0.1, 0.15) is 29.3 Å². The molecule has 1 aliphatic rings. The molecule has 0 bridgehead atoms. The van der Waals surface area contributed by atoms with Gasteiger partial charge in [-0.1, -0.05) is 23.8 Å². The normalized spacial score (nSPS) is 16.9. The first-order valence-corrected chi connectivity index (χ1v) is 8.51. The number of methoxy groups -OCH3 is 1. The first-order valence-electron chi connectivity index (χ1n) is 8.51. The fraction of sp³-hybridized carbons (Fsp3) is 0.421. The summed E-state index contributed by atoms with van der Waals surface area (Å²) in [5, 5.41) is 0. The van der Waals surface area contributed by atoms with Gasteiger partial charge in [-0.3, -0.25) is 0 Å². The zero-order chi connectivity index (χ0) is 17.8. The van der Waals surface area contributed by atoms with E-state index in [4.69, 9.17) is 14.5 Å². The van der Waals surface area contributed by atoms with Gasteiger partial charge < -0.3 is 14.4 Å². The molecule has 6 heteroatoms. The van der Waals surface area contributed by atoms with Crippen LogP contribution < -0.4 is 4.90 Å². The van der Waals surface area contributed by atoms with Crippen molar-refractivity contribution in [1.29, 1.82) is 0 Å². The predicted octanol–water partition coefficient (Wildman–Crippen LogP) is 2.85. The molecule has 1 saturated heterocycles. The second kappa shape index (κ2) is 7.61. The van der Waals surface area contributed by atoms with Crippen LogP contribution in [0.3, 0.4) is 0 Å². The monoisotopic (exact) mass is 341 g/mol. The van der Waals surface area contributed by atoms with E-state index in [1.54, 1.807) is 20.2 Å². The summed E-state index contributed by atoms with van der Waals surface area (Å²) in [5.74, 6) is 0.825. The number of hydrogen-bond donors (Lipinski definition) is 0. The summed E-state index contributed by atoms with van der Waals surface area (Å²) in [6.07, 6.45) is 2.62. The Kier molecular flexibility index (Phi) is 5.28. The second-order valence-electron chi connectivity index (χ2n) is 6.11. The average Bonchev–Trinajstić information content (AvgIpc) is 3.10. The Labute approximate surface area is 147 Å². The van der Waals surface area contributed by atoms with E-state index in [2.05, 4.69) is 9.88 Å². The summed E-state index contributed by atoms with van der Waals surface area (Å²) in [5.41, 5.74) is 2.46. The lowest BCUT2D eigenvalue weighted by molar-refractivity contribution is 0.0526. The Bertz CT molecular complexity index is 763. The molecular weight excluding hydrogens is 318 g/mol. The molecule has 0 spiro atoms. The molecule has 25 heavy (non-hydrogen) atoms. The van der Waals surface area contributed by atoms with Crippen molar-refractivity contribution in [3.8, 4) is 11.4 Å². The van der Waals surface area contributed by atoms with Gasteiger partial charge in [0.25, 0.3) is 0 Å². The first-order chi connectivity index (χ1) is 12.1. The highest BCUT2D eigenvalue weighted by Crippen LogP contribution is 2.27. The quantitative estimate of drug-likeness (QED) is 0.779. The number of anilines is 1. The Morgan fingerprint density at radius 2 is 2.24 bits per heavy atom.